The van der Waals surface area contributed by atoms with E-state index < -0.39 is 17.7 Å². The summed E-state index contributed by atoms with van der Waals surface area (Å²) >= 11 is 3.05. The molecule has 2 atom stereocenters. The third-order valence-corrected chi connectivity index (χ3v) is 7.46. The third kappa shape index (κ3) is 3.25. The lowest BCUT2D eigenvalue weighted by Gasteiger charge is -2.33. The molecule has 4 rings (SSSR count). The predicted octanol–water partition coefficient (Wildman–Crippen LogP) is 4.01. The number of anilines is 1. The monoisotopic (exact) mass is 408 g/mol. The van der Waals surface area contributed by atoms with Crippen molar-refractivity contribution in [2.24, 2.45) is 0 Å². The van der Waals surface area contributed by atoms with Crippen LogP contribution in [0.5, 0.6) is 0 Å². The molecule has 142 valence electrons. The van der Waals surface area contributed by atoms with E-state index in [2.05, 4.69) is 0 Å². The Balaban J connectivity index is 1.70. The van der Waals surface area contributed by atoms with Gasteiger partial charge in [0.25, 0.3) is 5.91 Å². The van der Waals surface area contributed by atoms with Gasteiger partial charge in [0.15, 0.2) is 0 Å². The lowest BCUT2D eigenvalue weighted by Crippen LogP contribution is -2.51. The zero-order chi connectivity index (χ0) is 19.2. The van der Waals surface area contributed by atoms with E-state index in [1.165, 1.54) is 22.3 Å². The Labute approximate surface area is 164 Å². The summed E-state index contributed by atoms with van der Waals surface area (Å²) in [6.07, 6.45) is 1.12. The molecule has 0 bridgehead atoms. The van der Waals surface area contributed by atoms with Crippen molar-refractivity contribution >= 4 is 40.6 Å². The van der Waals surface area contributed by atoms with Gasteiger partial charge in [0, 0.05) is 23.1 Å². The lowest BCUT2D eigenvalue weighted by atomic mass is 10.1. The summed E-state index contributed by atoms with van der Waals surface area (Å²) in [4.78, 5) is 29.3. The SMILES string of the molecule is CC12CCC(=O)N1C(C(=O)N(Cc1cccs1)c1ccc(F)cc1F)CS2. The summed E-state index contributed by atoms with van der Waals surface area (Å²) in [6, 6.07) is 6.28. The van der Waals surface area contributed by atoms with Gasteiger partial charge < -0.3 is 9.80 Å². The Bertz CT molecular complexity index is 890. The van der Waals surface area contributed by atoms with Crippen LogP contribution in [-0.2, 0) is 16.1 Å². The predicted molar refractivity (Wildman–Crippen MR) is 103 cm³/mol. The van der Waals surface area contributed by atoms with Crippen molar-refractivity contribution in [2.45, 2.75) is 37.2 Å². The van der Waals surface area contributed by atoms with Crippen LogP contribution < -0.4 is 4.90 Å². The van der Waals surface area contributed by atoms with Gasteiger partial charge in [-0.15, -0.1) is 23.1 Å². The molecule has 2 amide bonds. The van der Waals surface area contributed by atoms with Crippen LogP contribution in [-0.4, -0.2) is 33.4 Å². The number of rotatable bonds is 4. The second kappa shape index (κ2) is 6.91. The van der Waals surface area contributed by atoms with Gasteiger partial charge in [-0.05, 0) is 36.9 Å². The largest absolute Gasteiger partial charge is 0.315 e. The fraction of sp³-hybridized carbons (Fsp3) is 0.368. The van der Waals surface area contributed by atoms with Gasteiger partial charge in [0.05, 0.1) is 17.1 Å². The van der Waals surface area contributed by atoms with Crippen LogP contribution in [0.2, 0.25) is 0 Å². The van der Waals surface area contributed by atoms with Crippen LogP contribution in [0.4, 0.5) is 14.5 Å². The third-order valence-electron chi connectivity index (χ3n) is 5.09. The number of hydrogen-bond acceptors (Lipinski definition) is 4. The number of halogens is 2. The number of carbonyl (C=O) groups excluding carboxylic acids is 2. The molecular formula is C19H18F2N2O2S2. The Kier molecular flexibility index (Phi) is 4.71. The minimum atomic E-state index is -0.791. The first kappa shape index (κ1) is 18.4. The number of benzene rings is 1. The molecule has 3 heterocycles. The molecule has 27 heavy (non-hydrogen) atoms. The van der Waals surface area contributed by atoms with Gasteiger partial charge >= 0.3 is 0 Å². The van der Waals surface area contributed by atoms with Crippen LogP contribution in [0.25, 0.3) is 0 Å². The second-order valence-electron chi connectivity index (χ2n) is 6.87. The second-order valence-corrected chi connectivity index (χ2v) is 9.40. The maximum absolute atomic E-state index is 14.5. The van der Waals surface area contributed by atoms with Crippen LogP contribution in [0, 0.1) is 11.6 Å². The van der Waals surface area contributed by atoms with E-state index in [1.807, 2.05) is 24.4 Å². The molecule has 2 aliphatic rings. The highest BCUT2D eigenvalue weighted by atomic mass is 32.2. The van der Waals surface area contributed by atoms with E-state index in [0.717, 1.165) is 17.0 Å². The number of hydrogen-bond donors (Lipinski definition) is 0. The quantitative estimate of drug-likeness (QED) is 0.768. The molecule has 0 aliphatic carbocycles. The summed E-state index contributed by atoms with van der Waals surface area (Å²) in [5.74, 6) is -1.39. The van der Waals surface area contributed by atoms with Gasteiger partial charge in [-0.3, -0.25) is 9.59 Å². The van der Waals surface area contributed by atoms with Crippen molar-refractivity contribution in [2.75, 3.05) is 10.7 Å². The summed E-state index contributed by atoms with van der Waals surface area (Å²) < 4.78 is 27.9. The Morgan fingerprint density at radius 1 is 1.37 bits per heavy atom. The lowest BCUT2D eigenvalue weighted by molar-refractivity contribution is -0.136. The Morgan fingerprint density at radius 2 is 2.19 bits per heavy atom. The topological polar surface area (TPSA) is 40.6 Å². The van der Waals surface area contributed by atoms with Crippen molar-refractivity contribution in [1.82, 2.24) is 4.90 Å². The molecule has 2 unspecified atom stereocenters. The van der Waals surface area contributed by atoms with Crippen molar-refractivity contribution in [3.63, 3.8) is 0 Å². The van der Waals surface area contributed by atoms with Crippen molar-refractivity contribution in [3.05, 3.63) is 52.2 Å². The number of thioether (sulfide) groups is 1. The summed E-state index contributed by atoms with van der Waals surface area (Å²) in [5, 5.41) is 1.88. The van der Waals surface area contributed by atoms with Gasteiger partial charge in [0.2, 0.25) is 5.91 Å². The van der Waals surface area contributed by atoms with E-state index in [1.54, 1.807) is 16.7 Å². The molecule has 0 saturated carbocycles. The highest BCUT2D eigenvalue weighted by Crippen LogP contribution is 2.47. The standard InChI is InChI=1S/C19H18F2N2O2S2/c1-19-7-6-17(24)23(19)16(11-27-19)18(25)22(10-13-3-2-8-26-13)15-5-4-12(20)9-14(15)21/h2-5,8-9,16H,6-7,10-11H2,1H3. The number of thiophene rings is 1. The van der Waals surface area contributed by atoms with Gasteiger partial charge in [0.1, 0.15) is 17.7 Å². The first-order valence-electron chi connectivity index (χ1n) is 8.64. The minimum Gasteiger partial charge on any atom is -0.315 e. The average molecular weight is 408 g/mol. The Morgan fingerprint density at radius 3 is 2.89 bits per heavy atom. The molecule has 8 heteroatoms. The first-order chi connectivity index (χ1) is 12.9. The van der Waals surface area contributed by atoms with Crippen molar-refractivity contribution < 1.29 is 18.4 Å². The summed E-state index contributed by atoms with van der Waals surface area (Å²) in [7, 11) is 0. The Hall–Kier alpha value is -1.93. The molecule has 1 aromatic carbocycles. The highest BCUT2D eigenvalue weighted by molar-refractivity contribution is 8.01. The average Bonchev–Trinajstić information content (AvgIpc) is 3.31. The van der Waals surface area contributed by atoms with Gasteiger partial charge in [-0.25, -0.2) is 8.78 Å². The number of carbonyl (C=O) groups is 2. The zero-order valence-corrected chi connectivity index (χ0v) is 16.3. The molecule has 1 aromatic heterocycles. The zero-order valence-electron chi connectivity index (χ0n) is 14.7. The normalized spacial score (nSPS) is 24.3. The smallest absolute Gasteiger partial charge is 0.251 e. The number of fused-ring (bicyclic) bond motifs is 1. The van der Waals surface area contributed by atoms with Crippen molar-refractivity contribution in [1.29, 1.82) is 0 Å². The van der Waals surface area contributed by atoms with Crippen LogP contribution in [0.3, 0.4) is 0 Å². The molecular weight excluding hydrogens is 390 g/mol. The summed E-state index contributed by atoms with van der Waals surface area (Å²) in [5.41, 5.74) is 0.0278. The summed E-state index contributed by atoms with van der Waals surface area (Å²) in [6.45, 7) is 2.15. The molecule has 2 aliphatic heterocycles. The molecule has 0 radical (unpaired) electrons. The molecule has 0 spiro atoms. The van der Waals surface area contributed by atoms with E-state index in [4.69, 9.17) is 0 Å². The maximum atomic E-state index is 14.5. The molecule has 2 fully saturated rings. The van der Waals surface area contributed by atoms with E-state index in [-0.39, 0.29) is 28.9 Å². The van der Waals surface area contributed by atoms with E-state index >= 15 is 0 Å². The van der Waals surface area contributed by atoms with Gasteiger partial charge in [-0.1, -0.05) is 6.07 Å². The fourth-order valence-corrected chi connectivity index (χ4v) is 5.84. The highest BCUT2D eigenvalue weighted by Gasteiger charge is 2.53. The number of nitrogens with zero attached hydrogens (tertiary/aromatic N) is 2. The van der Waals surface area contributed by atoms with Crippen molar-refractivity contribution in [3.8, 4) is 0 Å². The van der Waals surface area contributed by atoms with E-state index in [9.17, 15) is 18.4 Å². The maximum Gasteiger partial charge on any atom is 0.251 e. The van der Waals surface area contributed by atoms with Crippen LogP contribution in [0.15, 0.2) is 35.7 Å². The van der Waals surface area contributed by atoms with Gasteiger partial charge in [-0.2, -0.15) is 0 Å². The minimum absolute atomic E-state index is 0.0278. The molecule has 2 aromatic rings. The molecule has 0 N–H and O–H groups in total. The number of amides is 2. The van der Waals surface area contributed by atoms with E-state index in [0.29, 0.717) is 18.6 Å². The van der Waals surface area contributed by atoms with Crippen LogP contribution in [0.1, 0.15) is 24.6 Å². The molecule has 2 saturated heterocycles. The van der Waals surface area contributed by atoms with Crippen LogP contribution >= 0.6 is 23.1 Å². The molecule has 4 nitrogen and oxygen atoms in total. The first-order valence-corrected chi connectivity index (χ1v) is 10.5. The fourth-order valence-electron chi connectivity index (χ4n) is 3.72.